The van der Waals surface area contributed by atoms with Crippen LogP contribution in [0.2, 0.25) is 0 Å². The highest BCUT2D eigenvalue weighted by atomic mass is 32.1. The topological polar surface area (TPSA) is 33.6 Å². The van der Waals surface area contributed by atoms with Crippen molar-refractivity contribution in [1.29, 1.82) is 0 Å². The third-order valence-electron chi connectivity index (χ3n) is 3.63. The lowest BCUT2D eigenvalue weighted by Crippen LogP contribution is -1.99. The van der Waals surface area contributed by atoms with Gasteiger partial charge in [0.25, 0.3) is 0 Å². The van der Waals surface area contributed by atoms with Gasteiger partial charge in [0, 0.05) is 15.8 Å². The molecule has 0 aliphatic carbocycles. The van der Waals surface area contributed by atoms with Gasteiger partial charge in [-0.05, 0) is 55.7 Å². The van der Waals surface area contributed by atoms with Gasteiger partial charge >= 0.3 is 0 Å². The molecule has 0 atom stereocenters. The van der Waals surface area contributed by atoms with Crippen LogP contribution in [0.15, 0.2) is 29.6 Å². The molecular weight excluding hydrogens is 298 g/mol. The van der Waals surface area contributed by atoms with Crippen molar-refractivity contribution in [2.24, 2.45) is 0 Å². The lowest BCUT2D eigenvalue weighted by atomic mass is 10.1. The summed E-state index contributed by atoms with van der Waals surface area (Å²) >= 11 is 7.20. The molecule has 0 saturated heterocycles. The number of hydrogen-bond acceptors (Lipinski definition) is 3. The maximum Gasteiger partial charge on any atom is 0.200 e. The van der Waals surface area contributed by atoms with E-state index in [-0.39, 0.29) is 0 Å². The molecular formula is C16H17N3S2. The van der Waals surface area contributed by atoms with Gasteiger partial charge in [-0.3, -0.25) is 9.67 Å². The minimum absolute atomic E-state index is 0.626. The van der Waals surface area contributed by atoms with Crippen LogP contribution in [-0.4, -0.2) is 14.8 Å². The van der Waals surface area contributed by atoms with E-state index in [1.165, 1.54) is 21.6 Å². The van der Waals surface area contributed by atoms with Crippen LogP contribution in [0.4, 0.5) is 0 Å². The molecule has 3 rings (SSSR count). The fourth-order valence-corrected chi connectivity index (χ4v) is 3.77. The number of aromatic amines is 1. The van der Waals surface area contributed by atoms with E-state index in [9.17, 15) is 0 Å². The van der Waals surface area contributed by atoms with Gasteiger partial charge in [-0.1, -0.05) is 19.1 Å². The van der Waals surface area contributed by atoms with Crippen LogP contribution in [0.1, 0.15) is 22.9 Å². The first-order valence-corrected chi connectivity index (χ1v) is 8.22. The second-order valence-corrected chi connectivity index (χ2v) is 6.53. The van der Waals surface area contributed by atoms with Crippen molar-refractivity contribution in [2.45, 2.75) is 27.2 Å². The lowest BCUT2D eigenvalue weighted by molar-refractivity contribution is 1.03. The van der Waals surface area contributed by atoms with E-state index in [0.29, 0.717) is 4.77 Å². The number of H-pyrrole nitrogens is 1. The smallest absolute Gasteiger partial charge is 0.200 e. The number of aryl methyl sites for hydroxylation is 2. The molecule has 1 aromatic carbocycles. The highest BCUT2D eigenvalue weighted by Gasteiger charge is 2.16. The second kappa shape index (κ2) is 5.58. The molecule has 3 aromatic rings. The average molecular weight is 315 g/mol. The first kappa shape index (κ1) is 14.2. The molecule has 108 valence electrons. The van der Waals surface area contributed by atoms with Crippen LogP contribution >= 0.6 is 23.6 Å². The zero-order valence-electron chi connectivity index (χ0n) is 12.3. The van der Waals surface area contributed by atoms with Crippen LogP contribution in [0.5, 0.6) is 0 Å². The van der Waals surface area contributed by atoms with Crippen LogP contribution < -0.4 is 0 Å². The SMILES string of the molecule is CCc1c(-c2n[nH]c(=S)n2-c2cccc(C)c2)csc1C. The van der Waals surface area contributed by atoms with E-state index in [1.807, 2.05) is 10.6 Å². The zero-order valence-corrected chi connectivity index (χ0v) is 13.9. The van der Waals surface area contributed by atoms with Crippen molar-refractivity contribution in [3.63, 3.8) is 0 Å². The molecule has 2 heterocycles. The fourth-order valence-electron chi connectivity index (χ4n) is 2.59. The Labute approximate surface area is 133 Å². The molecule has 0 fully saturated rings. The molecule has 2 aromatic heterocycles. The minimum Gasteiger partial charge on any atom is -0.268 e. The van der Waals surface area contributed by atoms with Crippen molar-refractivity contribution in [1.82, 2.24) is 14.8 Å². The normalized spacial score (nSPS) is 11.0. The van der Waals surface area contributed by atoms with Gasteiger partial charge in [0.15, 0.2) is 10.6 Å². The maximum absolute atomic E-state index is 5.43. The molecule has 3 nitrogen and oxygen atoms in total. The van der Waals surface area contributed by atoms with E-state index in [2.05, 4.69) is 54.5 Å². The Bertz CT molecular complexity index is 839. The highest BCUT2D eigenvalue weighted by molar-refractivity contribution is 7.71. The number of rotatable bonds is 3. The summed E-state index contributed by atoms with van der Waals surface area (Å²) < 4.78 is 2.64. The fraction of sp³-hybridized carbons (Fsp3) is 0.250. The van der Waals surface area contributed by atoms with Crippen LogP contribution in [0.3, 0.4) is 0 Å². The summed E-state index contributed by atoms with van der Waals surface area (Å²) in [6, 6.07) is 8.31. The van der Waals surface area contributed by atoms with Crippen molar-refractivity contribution in [3.05, 3.63) is 50.4 Å². The average Bonchev–Trinajstić information content (AvgIpc) is 3.01. The third kappa shape index (κ3) is 2.47. The summed E-state index contributed by atoms with van der Waals surface area (Å²) in [5, 5.41) is 9.57. The first-order valence-electron chi connectivity index (χ1n) is 6.93. The van der Waals surface area contributed by atoms with Gasteiger partial charge in [0.1, 0.15) is 0 Å². The monoisotopic (exact) mass is 315 g/mol. The van der Waals surface area contributed by atoms with Gasteiger partial charge in [-0.25, -0.2) is 0 Å². The predicted octanol–water partition coefficient (Wildman–Crippen LogP) is 4.84. The molecule has 0 aliphatic heterocycles. The van der Waals surface area contributed by atoms with Gasteiger partial charge in [-0.15, -0.1) is 11.3 Å². The lowest BCUT2D eigenvalue weighted by Gasteiger charge is -2.08. The highest BCUT2D eigenvalue weighted by Crippen LogP contribution is 2.32. The molecule has 0 bridgehead atoms. The molecule has 5 heteroatoms. The van der Waals surface area contributed by atoms with Gasteiger partial charge < -0.3 is 0 Å². The molecule has 21 heavy (non-hydrogen) atoms. The van der Waals surface area contributed by atoms with Crippen LogP contribution in [0.25, 0.3) is 17.1 Å². The summed E-state index contributed by atoms with van der Waals surface area (Å²) in [5.41, 5.74) is 4.78. The Balaban J connectivity index is 2.24. The quantitative estimate of drug-likeness (QED) is 0.702. The molecule has 0 amide bonds. The van der Waals surface area contributed by atoms with Crippen molar-refractivity contribution in [3.8, 4) is 17.1 Å². The summed E-state index contributed by atoms with van der Waals surface area (Å²) in [4.78, 5) is 1.34. The van der Waals surface area contributed by atoms with Gasteiger partial charge in [-0.2, -0.15) is 5.10 Å². The Kier molecular flexibility index (Phi) is 3.78. The Morgan fingerprint density at radius 3 is 2.86 bits per heavy atom. The minimum atomic E-state index is 0.626. The maximum atomic E-state index is 5.43. The summed E-state index contributed by atoms with van der Waals surface area (Å²) in [5.74, 6) is 0.895. The molecule has 0 spiro atoms. The van der Waals surface area contributed by atoms with Crippen molar-refractivity contribution in [2.75, 3.05) is 0 Å². The Morgan fingerprint density at radius 2 is 2.14 bits per heavy atom. The van der Waals surface area contributed by atoms with E-state index < -0.39 is 0 Å². The van der Waals surface area contributed by atoms with Crippen molar-refractivity contribution >= 4 is 23.6 Å². The van der Waals surface area contributed by atoms with Crippen LogP contribution in [-0.2, 0) is 6.42 Å². The summed E-state index contributed by atoms with van der Waals surface area (Å²) in [6.07, 6.45) is 0.998. The largest absolute Gasteiger partial charge is 0.268 e. The number of benzene rings is 1. The first-order chi connectivity index (χ1) is 10.1. The number of nitrogens with zero attached hydrogens (tertiary/aromatic N) is 2. The van der Waals surface area contributed by atoms with E-state index in [4.69, 9.17) is 12.2 Å². The molecule has 0 unspecified atom stereocenters. The molecule has 0 aliphatic rings. The van der Waals surface area contributed by atoms with E-state index in [1.54, 1.807) is 11.3 Å². The Morgan fingerprint density at radius 1 is 1.33 bits per heavy atom. The van der Waals surface area contributed by atoms with Gasteiger partial charge in [0.05, 0.1) is 5.69 Å². The molecule has 1 N–H and O–H groups in total. The summed E-state index contributed by atoms with van der Waals surface area (Å²) in [7, 11) is 0. The number of aromatic nitrogens is 3. The van der Waals surface area contributed by atoms with Crippen molar-refractivity contribution < 1.29 is 0 Å². The van der Waals surface area contributed by atoms with E-state index >= 15 is 0 Å². The summed E-state index contributed by atoms with van der Waals surface area (Å²) in [6.45, 7) is 6.42. The zero-order chi connectivity index (χ0) is 15.0. The van der Waals surface area contributed by atoms with Crippen LogP contribution in [0, 0.1) is 18.6 Å². The van der Waals surface area contributed by atoms with Gasteiger partial charge in [0.2, 0.25) is 0 Å². The number of nitrogens with one attached hydrogen (secondary N) is 1. The second-order valence-electron chi connectivity index (χ2n) is 5.06. The number of hydrogen-bond donors (Lipinski definition) is 1. The number of thiophene rings is 1. The van der Waals surface area contributed by atoms with E-state index in [0.717, 1.165) is 17.9 Å². The third-order valence-corrected chi connectivity index (χ3v) is 4.86. The Hall–Kier alpha value is -1.72. The molecule has 0 saturated carbocycles. The predicted molar refractivity (Wildman–Crippen MR) is 90.9 cm³/mol. The molecule has 0 radical (unpaired) electrons. The standard InChI is InChI=1S/C16H17N3S2/c1-4-13-11(3)21-9-14(13)15-17-18-16(20)19(15)12-7-5-6-10(2)8-12/h5-9H,4H2,1-3H3,(H,18,20).